The molecule has 0 spiro atoms. The van der Waals surface area contributed by atoms with Gasteiger partial charge in [-0.1, -0.05) is 12.1 Å². The van der Waals surface area contributed by atoms with Crippen LogP contribution in [0.3, 0.4) is 0 Å². The van der Waals surface area contributed by atoms with Crippen molar-refractivity contribution in [1.82, 2.24) is 0 Å². The first-order valence-corrected chi connectivity index (χ1v) is 6.13. The van der Waals surface area contributed by atoms with Crippen LogP contribution in [0, 0.1) is 24.0 Å². The summed E-state index contributed by atoms with van der Waals surface area (Å²) in [7, 11) is 0. The molecule has 2 aromatic carbocycles. The topological polar surface area (TPSA) is 81.5 Å². The molecule has 0 saturated carbocycles. The summed E-state index contributed by atoms with van der Waals surface area (Å²) in [6, 6.07) is 10.2. The fraction of sp³-hybridized carbons (Fsp3) is 0.133. The number of aryl methyl sites for hydroxylation is 2. The first-order valence-electron chi connectivity index (χ1n) is 6.13. The van der Waals surface area contributed by atoms with Crippen molar-refractivity contribution >= 4 is 23.3 Å². The van der Waals surface area contributed by atoms with Crippen LogP contribution in [0.25, 0.3) is 0 Å². The maximum Gasteiger partial charge on any atom is 0.278 e. The molecule has 0 fully saturated rings. The van der Waals surface area contributed by atoms with Crippen molar-refractivity contribution < 1.29 is 4.92 Å². The number of nitro groups is 1. The Morgan fingerprint density at radius 2 is 1.85 bits per heavy atom. The Labute approximate surface area is 116 Å². The summed E-state index contributed by atoms with van der Waals surface area (Å²) < 4.78 is 0. The Kier molecular flexibility index (Phi) is 3.79. The van der Waals surface area contributed by atoms with Gasteiger partial charge in [0.2, 0.25) is 0 Å². The number of nitrogen functional groups attached to an aromatic ring is 1. The molecule has 0 unspecified atom stereocenters. The summed E-state index contributed by atoms with van der Waals surface area (Å²) in [5.41, 5.74) is 9.73. The van der Waals surface area contributed by atoms with Crippen molar-refractivity contribution in [3.63, 3.8) is 0 Å². The van der Waals surface area contributed by atoms with Gasteiger partial charge in [0.15, 0.2) is 0 Å². The van der Waals surface area contributed by atoms with Gasteiger partial charge in [-0.05, 0) is 43.2 Å². The van der Waals surface area contributed by atoms with Crippen molar-refractivity contribution in [2.75, 3.05) is 5.73 Å². The number of hydrogen-bond acceptors (Lipinski definition) is 4. The lowest BCUT2D eigenvalue weighted by atomic mass is 10.1. The minimum atomic E-state index is -0.425. The zero-order valence-corrected chi connectivity index (χ0v) is 11.3. The largest absolute Gasteiger partial charge is 0.397 e. The van der Waals surface area contributed by atoms with Crippen LogP contribution in [0.4, 0.5) is 17.1 Å². The van der Waals surface area contributed by atoms with E-state index in [0.29, 0.717) is 16.9 Å². The third-order valence-electron chi connectivity index (χ3n) is 3.12. The van der Waals surface area contributed by atoms with Crippen molar-refractivity contribution in [2.45, 2.75) is 13.8 Å². The zero-order valence-electron chi connectivity index (χ0n) is 11.3. The molecular weight excluding hydrogens is 254 g/mol. The molecule has 0 radical (unpaired) electrons. The van der Waals surface area contributed by atoms with Crippen LogP contribution < -0.4 is 5.73 Å². The van der Waals surface area contributed by atoms with Gasteiger partial charge in [0, 0.05) is 12.3 Å². The van der Waals surface area contributed by atoms with Crippen LogP contribution in [0.2, 0.25) is 0 Å². The van der Waals surface area contributed by atoms with E-state index in [1.54, 1.807) is 18.2 Å². The lowest BCUT2D eigenvalue weighted by molar-refractivity contribution is -0.385. The van der Waals surface area contributed by atoms with Gasteiger partial charge in [0.05, 0.1) is 21.9 Å². The smallest absolute Gasteiger partial charge is 0.278 e. The van der Waals surface area contributed by atoms with Gasteiger partial charge in [-0.25, -0.2) is 0 Å². The predicted molar refractivity (Wildman–Crippen MR) is 80.7 cm³/mol. The van der Waals surface area contributed by atoms with Crippen LogP contribution >= 0.6 is 0 Å². The Morgan fingerprint density at radius 3 is 2.55 bits per heavy atom. The van der Waals surface area contributed by atoms with E-state index < -0.39 is 4.92 Å². The molecule has 102 valence electrons. The molecule has 0 saturated heterocycles. The molecule has 2 rings (SSSR count). The summed E-state index contributed by atoms with van der Waals surface area (Å²) >= 11 is 0. The van der Waals surface area contributed by atoms with E-state index in [1.807, 2.05) is 26.0 Å². The van der Waals surface area contributed by atoms with Gasteiger partial charge in [-0.15, -0.1) is 0 Å². The molecule has 0 amide bonds. The molecule has 20 heavy (non-hydrogen) atoms. The molecule has 5 nitrogen and oxygen atoms in total. The molecule has 0 heterocycles. The standard InChI is InChI=1S/C15H15N3O2/c1-10-7-13(16)14(8-11(10)2)17-9-12-5-3-4-6-15(12)18(19)20/h3-9H,16H2,1-2H3. The van der Waals surface area contributed by atoms with Gasteiger partial charge in [0.1, 0.15) is 0 Å². The highest BCUT2D eigenvalue weighted by Gasteiger charge is 2.10. The minimum absolute atomic E-state index is 0.0265. The van der Waals surface area contributed by atoms with Crippen LogP contribution in [0.15, 0.2) is 41.4 Å². The average Bonchev–Trinajstić information content (AvgIpc) is 2.41. The molecule has 0 atom stereocenters. The third kappa shape index (κ3) is 2.83. The van der Waals surface area contributed by atoms with Crippen molar-refractivity contribution in [3.05, 3.63) is 63.2 Å². The number of benzene rings is 2. The maximum absolute atomic E-state index is 10.9. The number of anilines is 1. The molecular formula is C15H15N3O2. The van der Waals surface area contributed by atoms with E-state index in [2.05, 4.69) is 4.99 Å². The summed E-state index contributed by atoms with van der Waals surface area (Å²) in [4.78, 5) is 14.8. The minimum Gasteiger partial charge on any atom is -0.397 e. The first-order chi connectivity index (χ1) is 9.49. The highest BCUT2D eigenvalue weighted by molar-refractivity contribution is 5.88. The van der Waals surface area contributed by atoms with Gasteiger partial charge >= 0.3 is 0 Å². The average molecular weight is 269 g/mol. The molecule has 2 N–H and O–H groups in total. The number of nitro benzene ring substituents is 1. The number of nitrogens with zero attached hydrogens (tertiary/aromatic N) is 2. The monoisotopic (exact) mass is 269 g/mol. The van der Waals surface area contributed by atoms with Crippen molar-refractivity contribution in [1.29, 1.82) is 0 Å². The van der Waals surface area contributed by atoms with E-state index in [0.717, 1.165) is 11.1 Å². The molecule has 5 heteroatoms. The van der Waals surface area contributed by atoms with Crippen LogP contribution in [0.1, 0.15) is 16.7 Å². The van der Waals surface area contributed by atoms with Crippen LogP contribution in [-0.4, -0.2) is 11.1 Å². The Balaban J connectivity index is 2.40. The SMILES string of the molecule is Cc1cc(N)c(N=Cc2ccccc2[N+](=O)[O-])cc1C. The van der Waals surface area contributed by atoms with E-state index >= 15 is 0 Å². The molecule has 0 aromatic heterocycles. The first kappa shape index (κ1) is 13.7. The van der Waals surface area contributed by atoms with E-state index in [9.17, 15) is 10.1 Å². The van der Waals surface area contributed by atoms with Crippen LogP contribution in [0.5, 0.6) is 0 Å². The molecule has 0 aliphatic carbocycles. The van der Waals surface area contributed by atoms with Crippen molar-refractivity contribution in [2.24, 2.45) is 4.99 Å². The summed E-state index contributed by atoms with van der Waals surface area (Å²) in [5, 5.41) is 10.9. The number of nitrogens with two attached hydrogens (primary N) is 1. The summed E-state index contributed by atoms with van der Waals surface area (Å²) in [5.74, 6) is 0. The fourth-order valence-corrected chi connectivity index (χ4v) is 1.84. The Bertz CT molecular complexity index is 694. The van der Waals surface area contributed by atoms with E-state index in [-0.39, 0.29) is 5.69 Å². The Hall–Kier alpha value is -2.69. The fourth-order valence-electron chi connectivity index (χ4n) is 1.84. The van der Waals surface area contributed by atoms with E-state index in [1.165, 1.54) is 12.3 Å². The third-order valence-corrected chi connectivity index (χ3v) is 3.12. The number of para-hydroxylation sites is 1. The highest BCUT2D eigenvalue weighted by atomic mass is 16.6. The van der Waals surface area contributed by atoms with Gasteiger partial charge in [-0.2, -0.15) is 0 Å². The second-order valence-corrected chi connectivity index (χ2v) is 4.57. The van der Waals surface area contributed by atoms with Gasteiger partial charge < -0.3 is 5.73 Å². The summed E-state index contributed by atoms with van der Waals surface area (Å²) in [6.07, 6.45) is 1.47. The molecule has 0 bridgehead atoms. The molecule has 0 aliphatic rings. The second kappa shape index (κ2) is 5.52. The lowest BCUT2D eigenvalue weighted by Crippen LogP contribution is -1.94. The highest BCUT2D eigenvalue weighted by Crippen LogP contribution is 2.26. The number of aliphatic imine (C=N–C) groups is 1. The van der Waals surface area contributed by atoms with E-state index in [4.69, 9.17) is 5.73 Å². The number of rotatable bonds is 3. The maximum atomic E-state index is 10.9. The van der Waals surface area contributed by atoms with Gasteiger partial charge in [0.25, 0.3) is 5.69 Å². The van der Waals surface area contributed by atoms with Crippen molar-refractivity contribution in [3.8, 4) is 0 Å². The lowest BCUT2D eigenvalue weighted by Gasteiger charge is -2.05. The molecule has 2 aromatic rings. The van der Waals surface area contributed by atoms with Crippen LogP contribution in [-0.2, 0) is 0 Å². The zero-order chi connectivity index (χ0) is 14.7. The van der Waals surface area contributed by atoms with Gasteiger partial charge in [-0.3, -0.25) is 15.1 Å². The summed E-state index contributed by atoms with van der Waals surface area (Å²) in [6.45, 7) is 3.94. The molecule has 0 aliphatic heterocycles. The second-order valence-electron chi connectivity index (χ2n) is 4.57. The number of hydrogen-bond donors (Lipinski definition) is 1. The predicted octanol–water partition coefficient (Wildman–Crippen LogP) is 3.54. The quantitative estimate of drug-likeness (QED) is 0.400. The Morgan fingerprint density at radius 1 is 1.20 bits per heavy atom. The normalized spacial score (nSPS) is 10.9.